The molecule has 1 fully saturated rings. The number of alkyl halides is 3. The van der Waals surface area contributed by atoms with E-state index in [2.05, 4.69) is 9.97 Å². The molecule has 2 aliphatic rings. The molecule has 2 N–H and O–H groups in total. The topological polar surface area (TPSA) is 72.1 Å². The van der Waals surface area contributed by atoms with Crippen LogP contribution in [0.4, 0.5) is 13.2 Å². The van der Waals surface area contributed by atoms with Gasteiger partial charge in [0.05, 0.1) is 0 Å². The first kappa shape index (κ1) is 23.9. The van der Waals surface area contributed by atoms with Crippen LogP contribution in [0.2, 0.25) is 0 Å². The van der Waals surface area contributed by atoms with Gasteiger partial charge < -0.3 is 10.6 Å². The van der Waals surface area contributed by atoms with Gasteiger partial charge in [-0.1, -0.05) is 0 Å². The van der Waals surface area contributed by atoms with E-state index in [1.165, 1.54) is 6.92 Å². The maximum atomic E-state index is 13.3. The van der Waals surface area contributed by atoms with Gasteiger partial charge >= 0.3 is 6.18 Å². The van der Waals surface area contributed by atoms with Gasteiger partial charge in [0.1, 0.15) is 5.82 Å². The molecule has 0 spiro atoms. The van der Waals surface area contributed by atoms with E-state index in [1.807, 2.05) is 6.92 Å². The highest BCUT2D eigenvalue weighted by molar-refractivity contribution is 5.85. The lowest BCUT2D eigenvalue weighted by Crippen LogP contribution is -2.41. The predicted octanol–water partition coefficient (Wildman–Crippen LogP) is 2.95. The van der Waals surface area contributed by atoms with Crippen molar-refractivity contribution in [3.8, 4) is 0 Å². The molecule has 1 aliphatic carbocycles. The highest BCUT2D eigenvalue weighted by Crippen LogP contribution is 2.37. The van der Waals surface area contributed by atoms with Crippen LogP contribution in [0.25, 0.3) is 0 Å². The minimum absolute atomic E-state index is 0. The summed E-state index contributed by atoms with van der Waals surface area (Å²) >= 11 is 0. The van der Waals surface area contributed by atoms with Gasteiger partial charge in [-0.2, -0.15) is 13.2 Å². The molecule has 1 amide bonds. The highest BCUT2D eigenvalue weighted by Gasteiger charge is 2.41. The number of aromatic nitrogens is 2. The van der Waals surface area contributed by atoms with Gasteiger partial charge in [-0.3, -0.25) is 4.79 Å². The van der Waals surface area contributed by atoms with Gasteiger partial charge in [-0.15, -0.1) is 24.8 Å². The summed E-state index contributed by atoms with van der Waals surface area (Å²) in [7, 11) is 0. The molecular formula is C17H25Cl2F3N4O. The van der Waals surface area contributed by atoms with Crippen LogP contribution in [0.3, 0.4) is 0 Å². The molecule has 2 heterocycles. The number of halogens is 5. The van der Waals surface area contributed by atoms with Crippen LogP contribution in [-0.2, 0) is 23.8 Å². The van der Waals surface area contributed by atoms with Crippen molar-refractivity contribution in [2.45, 2.75) is 51.7 Å². The summed E-state index contributed by atoms with van der Waals surface area (Å²) in [5, 5.41) is 0. The van der Waals surface area contributed by atoms with Crippen molar-refractivity contribution in [2.24, 2.45) is 17.6 Å². The molecule has 5 nitrogen and oxygen atoms in total. The third-order valence-electron chi connectivity index (χ3n) is 5.28. The number of rotatable bonds is 2. The fourth-order valence-corrected chi connectivity index (χ4v) is 4.03. The Hall–Kier alpha value is -1.12. The van der Waals surface area contributed by atoms with E-state index in [1.54, 1.807) is 4.90 Å². The summed E-state index contributed by atoms with van der Waals surface area (Å²) < 4.78 is 40.0. The molecule has 0 aromatic carbocycles. The van der Waals surface area contributed by atoms with E-state index in [-0.39, 0.29) is 60.5 Å². The predicted molar refractivity (Wildman–Crippen MR) is 100 cm³/mol. The highest BCUT2D eigenvalue weighted by atomic mass is 35.5. The first-order valence-corrected chi connectivity index (χ1v) is 8.64. The number of carbonyl (C=O) groups excluding carboxylic acids is 1. The van der Waals surface area contributed by atoms with Crippen LogP contribution in [0, 0.1) is 18.8 Å². The zero-order valence-electron chi connectivity index (χ0n) is 15.3. The van der Waals surface area contributed by atoms with Crippen LogP contribution in [0.5, 0.6) is 0 Å². The smallest absolute Gasteiger partial charge is 0.339 e. The maximum Gasteiger partial charge on any atom is 0.433 e. The summed E-state index contributed by atoms with van der Waals surface area (Å²) in [6, 6.07) is 0.0822. The van der Waals surface area contributed by atoms with Gasteiger partial charge in [-0.05, 0) is 52.0 Å². The second-order valence-electron chi connectivity index (χ2n) is 7.16. The largest absolute Gasteiger partial charge is 0.433 e. The van der Waals surface area contributed by atoms with Crippen LogP contribution in [0.15, 0.2) is 0 Å². The Morgan fingerprint density at radius 1 is 1.30 bits per heavy atom. The molecule has 3 rings (SSSR count). The molecule has 3 atom stereocenters. The second-order valence-corrected chi connectivity index (χ2v) is 7.16. The van der Waals surface area contributed by atoms with Gasteiger partial charge in [0.15, 0.2) is 5.69 Å². The summed E-state index contributed by atoms with van der Waals surface area (Å²) in [5.74, 6) is -0.122. The zero-order chi connectivity index (χ0) is 18.4. The summed E-state index contributed by atoms with van der Waals surface area (Å²) in [5.41, 5.74) is 5.33. The molecule has 0 saturated carbocycles. The van der Waals surface area contributed by atoms with Crippen molar-refractivity contribution in [2.75, 3.05) is 13.1 Å². The summed E-state index contributed by atoms with van der Waals surface area (Å²) in [6.45, 7) is 4.55. The Balaban J connectivity index is 0.00000182. The van der Waals surface area contributed by atoms with E-state index in [0.29, 0.717) is 31.6 Å². The Morgan fingerprint density at radius 3 is 2.52 bits per heavy atom. The number of hydrogen-bond acceptors (Lipinski definition) is 4. The molecule has 1 aliphatic heterocycles. The molecule has 0 bridgehead atoms. The lowest BCUT2D eigenvalue weighted by atomic mass is 9.84. The van der Waals surface area contributed by atoms with Gasteiger partial charge in [0.25, 0.3) is 0 Å². The Morgan fingerprint density at radius 2 is 1.96 bits per heavy atom. The minimum atomic E-state index is -4.53. The van der Waals surface area contributed by atoms with Gasteiger partial charge in [-0.25, -0.2) is 9.97 Å². The Kier molecular flexibility index (Phi) is 7.90. The van der Waals surface area contributed by atoms with Crippen LogP contribution in [-0.4, -0.2) is 39.9 Å². The van der Waals surface area contributed by atoms with Crippen molar-refractivity contribution in [1.82, 2.24) is 14.9 Å². The van der Waals surface area contributed by atoms with Crippen molar-refractivity contribution in [3.63, 3.8) is 0 Å². The molecule has 1 aromatic heterocycles. The van der Waals surface area contributed by atoms with Crippen molar-refractivity contribution >= 4 is 30.7 Å². The Bertz CT molecular complexity index is 687. The van der Waals surface area contributed by atoms with Crippen molar-refractivity contribution in [3.05, 3.63) is 22.8 Å². The van der Waals surface area contributed by atoms with Crippen molar-refractivity contribution < 1.29 is 18.0 Å². The van der Waals surface area contributed by atoms with E-state index < -0.39 is 17.8 Å². The van der Waals surface area contributed by atoms with E-state index in [0.717, 1.165) is 6.42 Å². The molecule has 154 valence electrons. The molecule has 27 heavy (non-hydrogen) atoms. The fraction of sp³-hybridized carbons (Fsp3) is 0.706. The number of nitrogens with two attached hydrogens (primary N) is 1. The maximum absolute atomic E-state index is 13.3. The van der Waals surface area contributed by atoms with Crippen LogP contribution < -0.4 is 5.73 Å². The first-order valence-electron chi connectivity index (χ1n) is 8.64. The Labute approximate surface area is 169 Å². The van der Waals surface area contributed by atoms with Gasteiger partial charge in [0, 0.05) is 29.8 Å². The molecule has 3 unspecified atom stereocenters. The quantitative estimate of drug-likeness (QED) is 0.785. The lowest BCUT2D eigenvalue weighted by molar-refractivity contribution is -0.143. The number of amides is 1. The van der Waals surface area contributed by atoms with Crippen LogP contribution >= 0.6 is 24.8 Å². The number of carbonyl (C=O) groups is 1. The third kappa shape index (κ3) is 4.84. The standard InChI is InChI=1S/C17H23F3N4O.2ClH/c1-9-5-11(7-21)8-24(9)16(25)12-3-4-14-13(6-12)15(17(18,19)20)23-10(2)22-14;;/h9,11-12H,3-8,21H2,1-2H3;2*1H. The third-order valence-corrected chi connectivity index (χ3v) is 5.28. The number of nitrogens with zero attached hydrogens (tertiary/aromatic N) is 3. The van der Waals surface area contributed by atoms with Gasteiger partial charge in [0.2, 0.25) is 5.91 Å². The van der Waals surface area contributed by atoms with Crippen molar-refractivity contribution in [1.29, 1.82) is 0 Å². The van der Waals surface area contributed by atoms with E-state index in [4.69, 9.17) is 5.73 Å². The van der Waals surface area contributed by atoms with Crippen LogP contribution in [0.1, 0.15) is 42.5 Å². The number of aryl methyl sites for hydroxylation is 2. The van der Waals surface area contributed by atoms with E-state index >= 15 is 0 Å². The molecule has 1 aromatic rings. The summed E-state index contributed by atoms with van der Waals surface area (Å²) in [4.78, 5) is 22.4. The SMILES string of the molecule is Cc1nc2c(c(C(F)(F)F)n1)CC(C(=O)N1CC(CN)CC1C)CC2.Cl.Cl. The summed E-state index contributed by atoms with van der Waals surface area (Å²) in [6.07, 6.45) is -2.73. The first-order chi connectivity index (χ1) is 11.7. The minimum Gasteiger partial charge on any atom is -0.339 e. The fourth-order valence-electron chi connectivity index (χ4n) is 4.03. The van der Waals surface area contributed by atoms with E-state index in [9.17, 15) is 18.0 Å². The zero-order valence-corrected chi connectivity index (χ0v) is 16.9. The molecule has 10 heteroatoms. The average Bonchev–Trinajstić information content (AvgIpc) is 2.93. The number of hydrogen-bond donors (Lipinski definition) is 1. The molecular weight excluding hydrogens is 404 g/mol. The molecule has 1 saturated heterocycles. The lowest BCUT2D eigenvalue weighted by Gasteiger charge is -2.30. The number of likely N-dealkylation sites (tertiary alicyclic amines) is 1. The number of fused-ring (bicyclic) bond motifs is 1. The molecule has 0 radical (unpaired) electrons. The average molecular weight is 429 g/mol. The normalized spacial score (nSPS) is 24.7. The monoisotopic (exact) mass is 428 g/mol. The second kappa shape index (κ2) is 8.92.